The van der Waals surface area contributed by atoms with Crippen LogP contribution in [0.1, 0.15) is 6.42 Å². The second-order valence-corrected chi connectivity index (χ2v) is 6.93. The van der Waals surface area contributed by atoms with Gasteiger partial charge in [-0.05, 0) is 24.3 Å². The van der Waals surface area contributed by atoms with Gasteiger partial charge in [0.15, 0.2) is 0 Å². The van der Waals surface area contributed by atoms with Gasteiger partial charge in [-0.1, -0.05) is 6.07 Å². The highest BCUT2D eigenvalue weighted by Crippen LogP contribution is 2.15. The van der Waals surface area contributed by atoms with Gasteiger partial charge in [0, 0.05) is 31.4 Å². The van der Waals surface area contributed by atoms with Crippen molar-refractivity contribution in [1.29, 1.82) is 0 Å². The van der Waals surface area contributed by atoms with Crippen molar-refractivity contribution in [3.05, 3.63) is 54.9 Å². The van der Waals surface area contributed by atoms with Gasteiger partial charge in [0.1, 0.15) is 17.8 Å². The van der Waals surface area contributed by atoms with E-state index in [1.807, 2.05) is 0 Å². The first kappa shape index (κ1) is 22.3. The normalized spacial score (nSPS) is 12.6. The Morgan fingerprint density at radius 1 is 0.824 bits per heavy atom. The lowest BCUT2D eigenvalue weighted by Crippen LogP contribution is -2.39. The second-order valence-electron chi connectivity index (χ2n) is 6.93. The predicted molar refractivity (Wildman–Crippen MR) is 116 cm³/mol. The Morgan fingerprint density at radius 2 is 1.50 bits per heavy atom. The standard InChI is InChI=1S/C21H17N9O4/c31-16(23-9-10-30-18(33)6-7-19(30)34)11-17(32)25-13-4-5-15(24-12-13)21-28-26-20(27-29-21)14-3-1-2-8-22-14/h1-8,12H,9-11H2,(H,23,31)(H,25,32). The van der Waals surface area contributed by atoms with Crippen molar-refractivity contribution >= 4 is 29.3 Å². The van der Waals surface area contributed by atoms with Crippen LogP contribution in [0.15, 0.2) is 54.9 Å². The van der Waals surface area contributed by atoms with Crippen molar-refractivity contribution in [1.82, 2.24) is 40.6 Å². The first-order valence-corrected chi connectivity index (χ1v) is 10.0. The van der Waals surface area contributed by atoms with Crippen molar-refractivity contribution in [2.24, 2.45) is 0 Å². The van der Waals surface area contributed by atoms with E-state index in [9.17, 15) is 19.2 Å². The molecule has 34 heavy (non-hydrogen) atoms. The summed E-state index contributed by atoms with van der Waals surface area (Å²) < 4.78 is 0. The molecule has 2 N–H and O–H groups in total. The van der Waals surface area contributed by atoms with E-state index in [0.29, 0.717) is 17.1 Å². The Kier molecular flexibility index (Phi) is 6.63. The van der Waals surface area contributed by atoms with E-state index in [-0.39, 0.29) is 24.7 Å². The van der Waals surface area contributed by atoms with Crippen LogP contribution in [0.4, 0.5) is 5.69 Å². The summed E-state index contributed by atoms with van der Waals surface area (Å²) in [5.74, 6) is -1.50. The van der Waals surface area contributed by atoms with E-state index < -0.39 is 30.0 Å². The smallest absolute Gasteiger partial charge is 0.253 e. The molecule has 4 rings (SSSR count). The summed E-state index contributed by atoms with van der Waals surface area (Å²) in [4.78, 5) is 56.2. The van der Waals surface area contributed by atoms with Crippen LogP contribution in [0.25, 0.3) is 23.0 Å². The zero-order chi connectivity index (χ0) is 23.9. The van der Waals surface area contributed by atoms with Gasteiger partial charge in [-0.2, -0.15) is 0 Å². The Morgan fingerprint density at radius 3 is 2.09 bits per heavy atom. The molecule has 0 radical (unpaired) electrons. The lowest BCUT2D eigenvalue weighted by atomic mass is 10.3. The lowest BCUT2D eigenvalue weighted by Gasteiger charge is -2.13. The van der Waals surface area contributed by atoms with Gasteiger partial charge in [0.05, 0.1) is 11.9 Å². The maximum Gasteiger partial charge on any atom is 0.253 e. The number of hydrogen-bond acceptors (Lipinski definition) is 10. The fraction of sp³-hybridized carbons (Fsp3) is 0.143. The zero-order valence-electron chi connectivity index (χ0n) is 17.6. The van der Waals surface area contributed by atoms with Crippen LogP contribution >= 0.6 is 0 Å². The first-order valence-electron chi connectivity index (χ1n) is 10.0. The molecule has 3 aromatic rings. The summed E-state index contributed by atoms with van der Waals surface area (Å²) in [5, 5.41) is 21.1. The Hall–Kier alpha value is -4.94. The number of nitrogens with one attached hydrogen (secondary N) is 2. The third kappa shape index (κ3) is 5.45. The van der Waals surface area contributed by atoms with Gasteiger partial charge in [-0.25, -0.2) is 0 Å². The quantitative estimate of drug-likeness (QED) is 0.338. The number of rotatable bonds is 8. The van der Waals surface area contributed by atoms with Crippen molar-refractivity contribution in [2.45, 2.75) is 6.42 Å². The number of imide groups is 1. The summed E-state index contributed by atoms with van der Waals surface area (Å²) in [6, 6.07) is 8.46. The van der Waals surface area contributed by atoms with Crippen molar-refractivity contribution < 1.29 is 19.2 Å². The third-order valence-electron chi connectivity index (χ3n) is 4.53. The molecule has 0 saturated heterocycles. The summed E-state index contributed by atoms with van der Waals surface area (Å²) in [6.45, 7) is 0.0702. The molecule has 13 nitrogen and oxygen atoms in total. The summed E-state index contributed by atoms with van der Waals surface area (Å²) in [5.41, 5.74) is 1.30. The molecule has 0 spiro atoms. The number of aromatic nitrogens is 6. The number of carbonyl (C=O) groups excluding carboxylic acids is 4. The largest absolute Gasteiger partial charge is 0.354 e. The fourth-order valence-corrected chi connectivity index (χ4v) is 2.90. The molecule has 0 atom stereocenters. The topological polar surface area (TPSA) is 173 Å². The van der Waals surface area contributed by atoms with Gasteiger partial charge in [0.2, 0.25) is 23.5 Å². The van der Waals surface area contributed by atoms with Crippen molar-refractivity contribution in [3.8, 4) is 23.0 Å². The summed E-state index contributed by atoms with van der Waals surface area (Å²) >= 11 is 0. The Balaban J connectivity index is 1.25. The minimum absolute atomic E-state index is 0.0258. The van der Waals surface area contributed by atoms with Gasteiger partial charge in [0.25, 0.3) is 11.8 Å². The SMILES string of the molecule is O=C(CC(=O)Nc1ccc(-c2nnc(-c3ccccn3)nn2)nc1)NCCN1C(=O)C=CC1=O. The molecular weight excluding hydrogens is 442 g/mol. The van der Waals surface area contributed by atoms with Crippen LogP contribution in [0.2, 0.25) is 0 Å². The van der Waals surface area contributed by atoms with Gasteiger partial charge >= 0.3 is 0 Å². The number of amides is 4. The summed E-state index contributed by atoms with van der Waals surface area (Å²) in [7, 11) is 0. The maximum absolute atomic E-state index is 12.1. The molecule has 3 aromatic heterocycles. The van der Waals surface area contributed by atoms with E-state index in [0.717, 1.165) is 17.1 Å². The Labute approximate surface area is 192 Å². The molecule has 0 saturated carbocycles. The Bertz CT molecular complexity index is 1230. The number of carbonyl (C=O) groups is 4. The minimum atomic E-state index is -0.554. The molecule has 0 bridgehead atoms. The average Bonchev–Trinajstić information content (AvgIpc) is 3.17. The second kappa shape index (κ2) is 10.1. The molecule has 0 unspecified atom stereocenters. The molecule has 13 heteroatoms. The molecule has 1 aliphatic rings. The zero-order valence-corrected chi connectivity index (χ0v) is 17.6. The van der Waals surface area contributed by atoms with Crippen molar-refractivity contribution in [2.75, 3.05) is 18.4 Å². The molecular formula is C21H17N9O4. The van der Waals surface area contributed by atoms with Crippen molar-refractivity contribution in [3.63, 3.8) is 0 Å². The van der Waals surface area contributed by atoms with Gasteiger partial charge in [-0.3, -0.25) is 34.0 Å². The number of hydrogen-bond donors (Lipinski definition) is 2. The molecule has 4 amide bonds. The minimum Gasteiger partial charge on any atom is -0.354 e. The van der Waals surface area contributed by atoms with Gasteiger partial charge in [-0.15, -0.1) is 20.4 Å². The average molecular weight is 459 g/mol. The van der Waals surface area contributed by atoms with E-state index >= 15 is 0 Å². The molecule has 1 aliphatic heterocycles. The van der Waals surface area contributed by atoms with E-state index in [1.165, 1.54) is 6.20 Å². The van der Waals surface area contributed by atoms with E-state index in [2.05, 4.69) is 41.0 Å². The van der Waals surface area contributed by atoms with E-state index in [4.69, 9.17) is 0 Å². The van der Waals surface area contributed by atoms with E-state index in [1.54, 1.807) is 36.5 Å². The monoisotopic (exact) mass is 459 g/mol. The highest BCUT2D eigenvalue weighted by atomic mass is 16.2. The highest BCUT2D eigenvalue weighted by Gasteiger charge is 2.22. The first-order chi connectivity index (χ1) is 16.5. The number of nitrogens with zero attached hydrogens (tertiary/aromatic N) is 7. The van der Waals surface area contributed by atoms with Gasteiger partial charge < -0.3 is 10.6 Å². The molecule has 0 fully saturated rings. The van der Waals surface area contributed by atoms with Crippen LogP contribution in [-0.4, -0.2) is 72.0 Å². The molecule has 0 aromatic carbocycles. The van der Waals surface area contributed by atoms with Crippen LogP contribution in [0.5, 0.6) is 0 Å². The number of pyridine rings is 2. The molecule has 170 valence electrons. The lowest BCUT2D eigenvalue weighted by molar-refractivity contribution is -0.137. The highest BCUT2D eigenvalue weighted by molar-refractivity contribution is 6.12. The fourth-order valence-electron chi connectivity index (χ4n) is 2.90. The van der Waals surface area contributed by atoms with Crippen LogP contribution in [-0.2, 0) is 19.2 Å². The van der Waals surface area contributed by atoms with Crippen LogP contribution in [0.3, 0.4) is 0 Å². The summed E-state index contributed by atoms with van der Waals surface area (Å²) in [6.07, 6.45) is 4.88. The van der Waals surface area contributed by atoms with Crippen LogP contribution < -0.4 is 10.6 Å². The number of anilines is 1. The molecule has 4 heterocycles. The molecule has 0 aliphatic carbocycles. The third-order valence-corrected chi connectivity index (χ3v) is 4.53. The maximum atomic E-state index is 12.1. The van der Waals surface area contributed by atoms with Crippen LogP contribution in [0, 0.1) is 0 Å². The predicted octanol–water partition coefficient (Wildman–Crippen LogP) is -0.240.